The van der Waals surface area contributed by atoms with Crippen molar-refractivity contribution in [1.29, 1.82) is 0 Å². The molecule has 0 saturated heterocycles. The van der Waals surface area contributed by atoms with Gasteiger partial charge in [-0.2, -0.15) is 0 Å². The molecule has 0 spiro atoms. The Kier molecular flexibility index (Phi) is 3.65. The fourth-order valence-corrected chi connectivity index (χ4v) is 3.61. The average Bonchev–Trinajstić information content (AvgIpc) is 3.03. The molecule has 0 aliphatic carbocycles. The van der Waals surface area contributed by atoms with Gasteiger partial charge in [0.2, 0.25) is 0 Å². The molecule has 0 radical (unpaired) electrons. The van der Waals surface area contributed by atoms with Crippen LogP contribution in [-0.2, 0) is 0 Å². The second-order valence-corrected chi connectivity index (χ2v) is 6.55. The van der Waals surface area contributed by atoms with Gasteiger partial charge in [0.25, 0.3) is 0 Å². The van der Waals surface area contributed by atoms with Gasteiger partial charge in [0, 0.05) is 27.8 Å². The highest BCUT2D eigenvalue weighted by molar-refractivity contribution is 6.10. The molecule has 2 nitrogen and oxygen atoms in total. The normalized spacial score (nSPS) is 11.1. The highest BCUT2D eigenvalue weighted by Crippen LogP contribution is 2.34. The Balaban J connectivity index is 1.72. The zero-order valence-electron chi connectivity index (χ0n) is 14.6. The molecule has 4 aromatic carbocycles. The van der Waals surface area contributed by atoms with Crippen molar-refractivity contribution in [3.05, 3.63) is 103 Å². The fraction of sp³-hybridized carbons (Fsp3) is 0. The van der Waals surface area contributed by atoms with Gasteiger partial charge in [-0.3, -0.25) is 0 Å². The topological polar surface area (TPSA) is 17.0 Å². The number of aromatic nitrogens is 1. The van der Waals surface area contributed by atoms with Crippen LogP contribution < -0.4 is 5.32 Å². The van der Waals surface area contributed by atoms with Gasteiger partial charge in [-0.25, -0.2) is 4.39 Å². The van der Waals surface area contributed by atoms with Crippen LogP contribution in [-0.4, -0.2) is 4.57 Å². The molecule has 1 heterocycles. The third kappa shape index (κ3) is 2.74. The predicted molar refractivity (Wildman–Crippen MR) is 110 cm³/mol. The maximum atomic E-state index is 13.4. The van der Waals surface area contributed by atoms with Gasteiger partial charge in [0.15, 0.2) is 0 Å². The van der Waals surface area contributed by atoms with Crippen LogP contribution in [0, 0.1) is 5.82 Å². The first kappa shape index (κ1) is 15.6. The summed E-state index contributed by atoms with van der Waals surface area (Å²) in [5.41, 5.74) is 5.25. The lowest BCUT2D eigenvalue weighted by molar-refractivity contribution is 0.627. The summed E-state index contributed by atoms with van der Waals surface area (Å²) >= 11 is 0. The molecule has 1 N–H and O–H groups in total. The highest BCUT2D eigenvalue weighted by atomic mass is 19.1. The summed E-state index contributed by atoms with van der Waals surface area (Å²) in [5, 5.41) is 5.80. The third-order valence-electron chi connectivity index (χ3n) is 4.82. The Labute approximate surface area is 156 Å². The number of halogens is 1. The smallest absolute Gasteiger partial charge is 0.123 e. The summed E-state index contributed by atoms with van der Waals surface area (Å²) in [7, 11) is 0. The molecule has 27 heavy (non-hydrogen) atoms. The second-order valence-electron chi connectivity index (χ2n) is 6.55. The molecular formula is C24H17FN2. The van der Waals surface area contributed by atoms with E-state index >= 15 is 0 Å². The van der Waals surface area contributed by atoms with E-state index in [1.54, 1.807) is 0 Å². The molecule has 1 aromatic heterocycles. The van der Waals surface area contributed by atoms with Crippen LogP contribution in [0.4, 0.5) is 15.8 Å². The van der Waals surface area contributed by atoms with E-state index < -0.39 is 0 Å². The van der Waals surface area contributed by atoms with Crippen molar-refractivity contribution in [2.45, 2.75) is 0 Å². The number of fused-ring (bicyclic) bond motifs is 3. The lowest BCUT2D eigenvalue weighted by atomic mass is 10.1. The van der Waals surface area contributed by atoms with E-state index in [-0.39, 0.29) is 5.82 Å². The van der Waals surface area contributed by atoms with Gasteiger partial charge in [-0.05, 0) is 60.7 Å². The maximum absolute atomic E-state index is 13.4. The number of rotatable bonds is 3. The SMILES string of the molecule is Fc1ccc(-n2c3ccccc3c3cc(Nc4ccccc4)ccc32)cc1. The summed E-state index contributed by atoms with van der Waals surface area (Å²) in [4.78, 5) is 0. The first-order valence-corrected chi connectivity index (χ1v) is 8.91. The molecule has 130 valence electrons. The largest absolute Gasteiger partial charge is 0.356 e. The molecule has 5 rings (SSSR count). The van der Waals surface area contributed by atoms with Crippen LogP contribution in [0.25, 0.3) is 27.5 Å². The standard InChI is InChI=1S/C24H17FN2/c25-17-10-13-20(14-11-17)27-23-9-5-4-8-21(23)22-16-19(12-15-24(22)27)26-18-6-2-1-3-7-18/h1-16,26H. The van der Waals surface area contributed by atoms with Crippen molar-refractivity contribution in [2.75, 3.05) is 5.32 Å². The summed E-state index contributed by atoms with van der Waals surface area (Å²) < 4.78 is 15.6. The Hall–Kier alpha value is -3.59. The van der Waals surface area contributed by atoms with E-state index in [1.165, 1.54) is 17.5 Å². The van der Waals surface area contributed by atoms with Crippen LogP contribution in [0.1, 0.15) is 0 Å². The van der Waals surface area contributed by atoms with Crippen LogP contribution in [0.3, 0.4) is 0 Å². The quantitative estimate of drug-likeness (QED) is 0.384. The van der Waals surface area contributed by atoms with Crippen LogP contribution in [0.15, 0.2) is 97.1 Å². The number of anilines is 2. The Morgan fingerprint density at radius 3 is 2.11 bits per heavy atom. The molecule has 0 bridgehead atoms. The first-order chi connectivity index (χ1) is 13.3. The zero-order valence-corrected chi connectivity index (χ0v) is 14.6. The van der Waals surface area contributed by atoms with E-state index in [4.69, 9.17) is 0 Å². The van der Waals surface area contributed by atoms with Gasteiger partial charge >= 0.3 is 0 Å². The molecule has 0 unspecified atom stereocenters. The summed E-state index contributed by atoms with van der Waals surface area (Å²) in [5.74, 6) is -0.228. The van der Waals surface area contributed by atoms with Crippen molar-refractivity contribution in [2.24, 2.45) is 0 Å². The lowest BCUT2D eigenvalue weighted by Gasteiger charge is -2.09. The lowest BCUT2D eigenvalue weighted by Crippen LogP contribution is -1.94. The van der Waals surface area contributed by atoms with Crippen molar-refractivity contribution in [3.63, 3.8) is 0 Å². The van der Waals surface area contributed by atoms with Gasteiger partial charge in [0.05, 0.1) is 11.0 Å². The molecule has 0 aliphatic rings. The van der Waals surface area contributed by atoms with Gasteiger partial charge < -0.3 is 9.88 Å². The predicted octanol–water partition coefficient (Wildman–Crippen LogP) is 6.67. The minimum Gasteiger partial charge on any atom is -0.356 e. The van der Waals surface area contributed by atoms with Crippen molar-refractivity contribution < 1.29 is 4.39 Å². The van der Waals surface area contributed by atoms with Crippen molar-refractivity contribution in [3.8, 4) is 5.69 Å². The highest BCUT2D eigenvalue weighted by Gasteiger charge is 2.12. The van der Waals surface area contributed by atoms with Gasteiger partial charge in [-0.1, -0.05) is 36.4 Å². The van der Waals surface area contributed by atoms with Crippen LogP contribution >= 0.6 is 0 Å². The van der Waals surface area contributed by atoms with E-state index in [2.05, 4.69) is 40.2 Å². The van der Waals surface area contributed by atoms with Crippen LogP contribution in [0.2, 0.25) is 0 Å². The number of hydrogen-bond donors (Lipinski definition) is 1. The van der Waals surface area contributed by atoms with Crippen LogP contribution in [0.5, 0.6) is 0 Å². The second kappa shape index (κ2) is 6.29. The number of hydrogen-bond acceptors (Lipinski definition) is 1. The molecule has 3 heteroatoms. The Morgan fingerprint density at radius 1 is 0.593 bits per heavy atom. The molecule has 5 aromatic rings. The van der Waals surface area contributed by atoms with E-state index in [0.29, 0.717) is 0 Å². The fourth-order valence-electron chi connectivity index (χ4n) is 3.61. The first-order valence-electron chi connectivity index (χ1n) is 8.91. The van der Waals surface area contributed by atoms with Gasteiger partial charge in [0.1, 0.15) is 5.82 Å². The maximum Gasteiger partial charge on any atom is 0.123 e. The average molecular weight is 352 g/mol. The minimum absolute atomic E-state index is 0.228. The molecular weight excluding hydrogens is 335 g/mol. The summed E-state index contributed by atoms with van der Waals surface area (Å²) in [6.07, 6.45) is 0. The Bertz CT molecular complexity index is 1240. The number of nitrogens with zero attached hydrogens (tertiary/aromatic N) is 1. The Morgan fingerprint density at radius 2 is 1.30 bits per heavy atom. The summed E-state index contributed by atoms with van der Waals surface area (Å²) in [6, 6.07) is 31.4. The molecule has 0 saturated carbocycles. The van der Waals surface area contributed by atoms with E-state index in [0.717, 1.165) is 33.5 Å². The number of benzene rings is 4. The molecule has 0 amide bonds. The van der Waals surface area contributed by atoms with Gasteiger partial charge in [-0.15, -0.1) is 0 Å². The number of nitrogens with one attached hydrogen (secondary N) is 1. The summed E-state index contributed by atoms with van der Waals surface area (Å²) in [6.45, 7) is 0. The molecule has 0 fully saturated rings. The molecule has 0 aliphatic heterocycles. The molecule has 0 atom stereocenters. The van der Waals surface area contributed by atoms with E-state index in [9.17, 15) is 4.39 Å². The minimum atomic E-state index is -0.228. The third-order valence-corrected chi connectivity index (χ3v) is 4.82. The van der Waals surface area contributed by atoms with Crippen molar-refractivity contribution in [1.82, 2.24) is 4.57 Å². The van der Waals surface area contributed by atoms with E-state index in [1.807, 2.05) is 54.6 Å². The van der Waals surface area contributed by atoms with Crippen molar-refractivity contribution >= 4 is 33.2 Å². The number of para-hydroxylation sites is 2. The monoisotopic (exact) mass is 352 g/mol. The zero-order chi connectivity index (χ0) is 18.2.